The van der Waals surface area contributed by atoms with Crippen LogP contribution >= 0.6 is 11.3 Å². The number of hydrogen-bond donors (Lipinski definition) is 1. The molecule has 0 radical (unpaired) electrons. The summed E-state index contributed by atoms with van der Waals surface area (Å²) in [7, 11) is 0. The molecule has 0 aromatic carbocycles. The van der Waals surface area contributed by atoms with Crippen molar-refractivity contribution in [2.75, 3.05) is 13.2 Å². The van der Waals surface area contributed by atoms with Crippen molar-refractivity contribution in [2.24, 2.45) is 0 Å². The van der Waals surface area contributed by atoms with Crippen LogP contribution in [-0.2, 0) is 17.8 Å². The highest BCUT2D eigenvalue weighted by Gasteiger charge is 2.26. The Morgan fingerprint density at radius 3 is 3.44 bits per heavy atom. The first-order valence-corrected chi connectivity index (χ1v) is 6.96. The van der Waals surface area contributed by atoms with E-state index in [1.54, 1.807) is 11.3 Å². The minimum atomic E-state index is 0.0304. The number of rotatable bonds is 4. The molecule has 0 saturated heterocycles. The predicted molar refractivity (Wildman–Crippen MR) is 67.5 cm³/mol. The molecule has 18 heavy (non-hydrogen) atoms. The maximum atomic E-state index is 5.33. The maximum Gasteiger partial charge on any atom is 0.248 e. The van der Waals surface area contributed by atoms with Crippen LogP contribution in [0.1, 0.15) is 35.1 Å². The monoisotopic (exact) mass is 265 g/mol. The number of ether oxygens (including phenoxy) is 1. The second kappa shape index (κ2) is 5.17. The Morgan fingerprint density at radius 1 is 1.61 bits per heavy atom. The van der Waals surface area contributed by atoms with Crippen LogP contribution in [0.15, 0.2) is 16.0 Å². The second-order valence-electron chi connectivity index (χ2n) is 4.12. The smallest absolute Gasteiger partial charge is 0.248 e. The molecule has 0 bridgehead atoms. The molecule has 1 aliphatic heterocycles. The lowest BCUT2D eigenvalue weighted by Crippen LogP contribution is -2.29. The molecule has 1 aliphatic rings. The Bertz CT molecular complexity index is 523. The van der Waals surface area contributed by atoms with Gasteiger partial charge in [-0.2, -0.15) is 4.98 Å². The molecule has 2 aromatic rings. The number of thiophene rings is 1. The number of aromatic nitrogens is 2. The van der Waals surface area contributed by atoms with Crippen molar-refractivity contribution in [3.05, 3.63) is 33.6 Å². The standard InChI is InChI=1S/C12H15N3O2S/c1-2-16-7-10-14-12(17-15-10)11-8-4-6-18-9(8)3-5-13-11/h4,6,11,13H,2-3,5,7H2,1H3. The summed E-state index contributed by atoms with van der Waals surface area (Å²) >= 11 is 1.79. The minimum absolute atomic E-state index is 0.0304. The highest BCUT2D eigenvalue weighted by molar-refractivity contribution is 7.10. The third-order valence-corrected chi connectivity index (χ3v) is 3.95. The van der Waals surface area contributed by atoms with Crippen molar-refractivity contribution in [1.29, 1.82) is 0 Å². The van der Waals surface area contributed by atoms with Crippen molar-refractivity contribution in [3.8, 4) is 0 Å². The number of hydrogen-bond acceptors (Lipinski definition) is 6. The van der Waals surface area contributed by atoms with Crippen molar-refractivity contribution < 1.29 is 9.26 Å². The zero-order valence-electron chi connectivity index (χ0n) is 10.2. The van der Waals surface area contributed by atoms with Crippen molar-refractivity contribution in [3.63, 3.8) is 0 Å². The van der Waals surface area contributed by atoms with Crippen LogP contribution in [0, 0.1) is 0 Å². The fraction of sp³-hybridized carbons (Fsp3) is 0.500. The van der Waals surface area contributed by atoms with Gasteiger partial charge in [0.2, 0.25) is 5.89 Å². The Kier molecular flexibility index (Phi) is 3.40. The van der Waals surface area contributed by atoms with Crippen LogP contribution < -0.4 is 5.32 Å². The van der Waals surface area contributed by atoms with E-state index < -0.39 is 0 Å². The van der Waals surface area contributed by atoms with Gasteiger partial charge in [0.05, 0.1) is 0 Å². The van der Waals surface area contributed by atoms with E-state index in [1.807, 2.05) is 6.92 Å². The Labute approximate surface area is 109 Å². The lowest BCUT2D eigenvalue weighted by molar-refractivity contribution is 0.126. The molecular formula is C12H15N3O2S. The van der Waals surface area contributed by atoms with Crippen molar-refractivity contribution in [2.45, 2.75) is 26.0 Å². The average molecular weight is 265 g/mol. The van der Waals surface area contributed by atoms with Crippen LogP contribution in [0.25, 0.3) is 0 Å². The second-order valence-corrected chi connectivity index (χ2v) is 5.12. The molecule has 1 atom stereocenters. The topological polar surface area (TPSA) is 60.2 Å². The van der Waals surface area contributed by atoms with Crippen molar-refractivity contribution in [1.82, 2.24) is 15.5 Å². The minimum Gasteiger partial charge on any atom is -0.374 e. The summed E-state index contributed by atoms with van der Waals surface area (Å²) < 4.78 is 10.6. The number of nitrogens with zero attached hydrogens (tertiary/aromatic N) is 2. The van der Waals surface area contributed by atoms with E-state index in [9.17, 15) is 0 Å². The van der Waals surface area contributed by atoms with Crippen LogP contribution in [0.4, 0.5) is 0 Å². The lowest BCUT2D eigenvalue weighted by atomic mass is 10.0. The van der Waals surface area contributed by atoms with E-state index in [0.29, 0.717) is 24.9 Å². The molecule has 3 heterocycles. The quantitative estimate of drug-likeness (QED) is 0.915. The van der Waals surface area contributed by atoms with E-state index in [1.165, 1.54) is 10.4 Å². The highest BCUT2D eigenvalue weighted by Crippen LogP contribution is 2.31. The molecule has 0 saturated carbocycles. The summed E-state index contributed by atoms with van der Waals surface area (Å²) in [6.45, 7) is 3.95. The molecule has 3 rings (SSSR count). The van der Waals surface area contributed by atoms with Gasteiger partial charge in [0, 0.05) is 18.0 Å². The average Bonchev–Trinajstić information content (AvgIpc) is 3.04. The fourth-order valence-electron chi connectivity index (χ4n) is 2.11. The van der Waals surface area contributed by atoms with E-state index >= 15 is 0 Å². The predicted octanol–water partition coefficient (Wildman–Crippen LogP) is 1.90. The van der Waals surface area contributed by atoms with Gasteiger partial charge in [-0.25, -0.2) is 0 Å². The van der Waals surface area contributed by atoms with E-state index in [0.717, 1.165) is 13.0 Å². The highest BCUT2D eigenvalue weighted by atomic mass is 32.1. The summed E-state index contributed by atoms with van der Waals surface area (Å²) in [5.41, 5.74) is 1.26. The van der Waals surface area contributed by atoms with Gasteiger partial charge in [0.15, 0.2) is 5.82 Å². The molecule has 0 fully saturated rings. The zero-order valence-corrected chi connectivity index (χ0v) is 11.0. The van der Waals surface area contributed by atoms with E-state index in [-0.39, 0.29) is 6.04 Å². The first kappa shape index (κ1) is 11.8. The maximum absolute atomic E-state index is 5.33. The summed E-state index contributed by atoms with van der Waals surface area (Å²) in [6, 6.07) is 2.16. The normalized spacial score (nSPS) is 18.8. The van der Waals surface area contributed by atoms with Crippen molar-refractivity contribution >= 4 is 11.3 Å². The third kappa shape index (κ3) is 2.19. The summed E-state index contributed by atoms with van der Waals surface area (Å²) in [5, 5.41) is 9.47. The summed E-state index contributed by atoms with van der Waals surface area (Å²) in [6.07, 6.45) is 1.07. The molecule has 6 heteroatoms. The Balaban J connectivity index is 1.82. The summed E-state index contributed by atoms with van der Waals surface area (Å²) in [4.78, 5) is 5.80. The van der Waals surface area contributed by atoms with Crippen LogP contribution in [-0.4, -0.2) is 23.3 Å². The van der Waals surface area contributed by atoms with Gasteiger partial charge < -0.3 is 14.6 Å². The summed E-state index contributed by atoms with van der Waals surface area (Å²) in [5.74, 6) is 1.24. The Morgan fingerprint density at radius 2 is 2.56 bits per heavy atom. The largest absolute Gasteiger partial charge is 0.374 e. The van der Waals surface area contributed by atoms with Gasteiger partial charge in [0.25, 0.3) is 0 Å². The van der Waals surface area contributed by atoms with Gasteiger partial charge in [-0.15, -0.1) is 11.3 Å². The molecule has 1 N–H and O–H groups in total. The fourth-order valence-corrected chi connectivity index (χ4v) is 3.03. The van der Waals surface area contributed by atoms with Crippen LogP contribution in [0.5, 0.6) is 0 Å². The number of nitrogens with one attached hydrogen (secondary N) is 1. The first-order valence-electron chi connectivity index (χ1n) is 6.08. The van der Waals surface area contributed by atoms with Gasteiger partial charge in [-0.1, -0.05) is 5.16 Å². The molecule has 2 aromatic heterocycles. The molecule has 1 unspecified atom stereocenters. The molecule has 0 amide bonds. The van der Waals surface area contributed by atoms with Gasteiger partial charge in [0.1, 0.15) is 12.6 Å². The Hall–Kier alpha value is -1.24. The van der Waals surface area contributed by atoms with Crippen LogP contribution in [0.3, 0.4) is 0 Å². The van der Waals surface area contributed by atoms with E-state index in [4.69, 9.17) is 9.26 Å². The van der Waals surface area contributed by atoms with Gasteiger partial charge in [-0.3, -0.25) is 0 Å². The molecule has 0 spiro atoms. The van der Waals surface area contributed by atoms with E-state index in [2.05, 4.69) is 26.9 Å². The van der Waals surface area contributed by atoms with Crippen LogP contribution in [0.2, 0.25) is 0 Å². The van der Waals surface area contributed by atoms with Gasteiger partial charge in [-0.05, 0) is 30.4 Å². The number of fused-ring (bicyclic) bond motifs is 1. The molecule has 0 aliphatic carbocycles. The zero-order chi connectivity index (χ0) is 12.4. The van der Waals surface area contributed by atoms with Gasteiger partial charge >= 0.3 is 0 Å². The molecular weight excluding hydrogens is 250 g/mol. The molecule has 5 nitrogen and oxygen atoms in total. The SMILES string of the molecule is CCOCc1noc(C2NCCc3sccc32)n1. The molecule has 96 valence electrons. The third-order valence-electron chi connectivity index (χ3n) is 2.96. The first-order chi connectivity index (χ1) is 8.88. The lowest BCUT2D eigenvalue weighted by Gasteiger charge is -2.20.